The standard InChI is InChI=1S/C36H50BrN3O8/c1-6-8-17-27(42)38-26(22-46-5)30(24-15-11-9-12-16-24)47-35(45)28-29-33(43)40(19-13-10-14-20-41)32(34(44)39(18-7-2)23(3)4)36(29)21-25(37)31(28)48-36/h6-7,9,11-12,15-16,23,25-26,28-32,41H,1-2,8,10,13-14,17-22H2,3-5H3,(H,38,42)/t25?,26-,28+,29-,30-,31+,32+,36-/m0/s1. The summed E-state index contributed by atoms with van der Waals surface area (Å²) in [5.41, 5.74) is -0.589. The number of carbonyl (C=O) groups is 4. The highest BCUT2D eigenvalue weighted by molar-refractivity contribution is 9.09. The molecule has 8 atom stereocenters. The van der Waals surface area contributed by atoms with E-state index in [1.807, 2.05) is 44.2 Å². The predicted molar refractivity (Wildman–Crippen MR) is 184 cm³/mol. The van der Waals surface area contributed by atoms with E-state index < -0.39 is 47.7 Å². The number of esters is 1. The number of allylic oxidation sites excluding steroid dienone is 1. The van der Waals surface area contributed by atoms with Crippen LogP contribution in [0.3, 0.4) is 0 Å². The Morgan fingerprint density at radius 1 is 1.19 bits per heavy atom. The van der Waals surface area contributed by atoms with Gasteiger partial charge in [0.2, 0.25) is 17.7 Å². The third-order valence-corrected chi connectivity index (χ3v) is 10.4. The van der Waals surface area contributed by atoms with E-state index in [0.717, 1.165) is 0 Å². The molecule has 2 N–H and O–H groups in total. The Morgan fingerprint density at radius 2 is 1.92 bits per heavy atom. The maximum absolute atomic E-state index is 14.5. The minimum atomic E-state index is -1.24. The molecule has 3 fully saturated rings. The van der Waals surface area contributed by atoms with Crippen LogP contribution in [0.15, 0.2) is 55.6 Å². The van der Waals surface area contributed by atoms with Gasteiger partial charge in [-0.2, -0.15) is 0 Å². The van der Waals surface area contributed by atoms with Gasteiger partial charge in [-0.05, 0) is 51.5 Å². The van der Waals surface area contributed by atoms with E-state index >= 15 is 0 Å². The van der Waals surface area contributed by atoms with Crippen LogP contribution in [0.2, 0.25) is 0 Å². The second-order valence-electron chi connectivity index (χ2n) is 13.1. The van der Waals surface area contributed by atoms with Gasteiger partial charge in [0.1, 0.15) is 17.7 Å². The van der Waals surface area contributed by atoms with Gasteiger partial charge in [0.25, 0.3) is 0 Å². The lowest BCUT2D eigenvalue weighted by molar-refractivity contribution is -0.163. The summed E-state index contributed by atoms with van der Waals surface area (Å²) in [5.74, 6) is -3.37. The molecule has 3 amide bonds. The SMILES string of the molecule is C=CCCC(=O)N[C@@H](COC)[C@@H](OC(=O)[C@H]1[C@@H]2O[C@@]3(CC2Br)[C@@H]1C(=O)N(CCCCCO)[C@@H]3C(=O)N(CC=C)C(C)C)c1ccccc1. The number of unbranched alkanes of at least 4 members (excludes halogenated alkanes) is 2. The summed E-state index contributed by atoms with van der Waals surface area (Å²) in [7, 11) is 1.51. The van der Waals surface area contributed by atoms with Crippen LogP contribution < -0.4 is 5.32 Å². The van der Waals surface area contributed by atoms with Crippen molar-refractivity contribution in [1.82, 2.24) is 15.1 Å². The highest BCUT2D eigenvalue weighted by atomic mass is 79.9. The number of carbonyl (C=O) groups excluding carboxylic acids is 4. The molecule has 1 unspecified atom stereocenters. The average molecular weight is 733 g/mol. The zero-order valence-corrected chi connectivity index (χ0v) is 29.8. The van der Waals surface area contributed by atoms with Crippen LogP contribution in [0, 0.1) is 11.8 Å². The number of likely N-dealkylation sites (tertiary alicyclic amines) is 1. The van der Waals surface area contributed by atoms with E-state index in [4.69, 9.17) is 14.2 Å². The van der Waals surface area contributed by atoms with Crippen molar-refractivity contribution in [2.75, 3.05) is 33.4 Å². The lowest BCUT2D eigenvalue weighted by Crippen LogP contribution is -2.58. The van der Waals surface area contributed by atoms with Crippen molar-refractivity contribution in [3.8, 4) is 0 Å². The molecule has 48 heavy (non-hydrogen) atoms. The lowest BCUT2D eigenvalue weighted by Gasteiger charge is -2.38. The molecule has 2 bridgehead atoms. The third kappa shape index (κ3) is 7.72. The van der Waals surface area contributed by atoms with E-state index in [1.165, 1.54) is 7.11 Å². The van der Waals surface area contributed by atoms with Crippen LogP contribution in [0.25, 0.3) is 0 Å². The molecule has 4 rings (SSSR count). The Hall–Kier alpha value is -3.06. The molecule has 1 aromatic carbocycles. The molecule has 0 aliphatic carbocycles. The van der Waals surface area contributed by atoms with Crippen LogP contribution in [0.1, 0.15) is 64.0 Å². The number of halogens is 1. The van der Waals surface area contributed by atoms with E-state index in [2.05, 4.69) is 34.4 Å². The number of benzene rings is 1. The normalized spacial score (nSPS) is 27.0. The maximum Gasteiger partial charge on any atom is 0.313 e. The molecule has 11 nitrogen and oxygen atoms in total. The molecule has 0 saturated carbocycles. The van der Waals surface area contributed by atoms with Crippen molar-refractivity contribution >= 4 is 39.6 Å². The summed E-state index contributed by atoms with van der Waals surface area (Å²) in [6, 6.07) is 7.28. The molecule has 0 radical (unpaired) electrons. The summed E-state index contributed by atoms with van der Waals surface area (Å²) >= 11 is 3.73. The Bertz CT molecular complexity index is 1310. The van der Waals surface area contributed by atoms with Gasteiger partial charge in [0.15, 0.2) is 0 Å². The first-order valence-corrected chi connectivity index (χ1v) is 17.8. The number of hydrogen-bond acceptors (Lipinski definition) is 8. The van der Waals surface area contributed by atoms with Gasteiger partial charge in [-0.15, -0.1) is 13.2 Å². The third-order valence-electron chi connectivity index (χ3n) is 9.59. The van der Waals surface area contributed by atoms with Crippen LogP contribution in [-0.4, -0.2) is 107 Å². The monoisotopic (exact) mass is 731 g/mol. The molecule has 3 aliphatic rings. The molecule has 1 aromatic rings. The number of fused-ring (bicyclic) bond motifs is 1. The van der Waals surface area contributed by atoms with Gasteiger partial charge in [-0.3, -0.25) is 19.2 Å². The van der Waals surface area contributed by atoms with E-state index in [-0.39, 0.29) is 54.8 Å². The minimum absolute atomic E-state index is 0.0364. The van der Waals surface area contributed by atoms with Crippen molar-refractivity contribution in [2.24, 2.45) is 11.8 Å². The number of aliphatic hydroxyl groups is 1. The fourth-order valence-corrected chi connectivity index (χ4v) is 8.41. The van der Waals surface area contributed by atoms with E-state index in [0.29, 0.717) is 44.2 Å². The van der Waals surface area contributed by atoms with Gasteiger partial charge in [-0.25, -0.2) is 0 Å². The van der Waals surface area contributed by atoms with Crippen molar-refractivity contribution in [3.63, 3.8) is 0 Å². The van der Waals surface area contributed by atoms with E-state index in [9.17, 15) is 24.3 Å². The van der Waals surface area contributed by atoms with Crippen molar-refractivity contribution in [3.05, 3.63) is 61.2 Å². The van der Waals surface area contributed by atoms with Crippen molar-refractivity contribution in [1.29, 1.82) is 0 Å². The zero-order chi connectivity index (χ0) is 35.0. The second kappa shape index (κ2) is 17.0. The molecule has 0 aromatic heterocycles. The van der Waals surface area contributed by atoms with Crippen molar-refractivity contribution < 1.29 is 38.5 Å². The number of alkyl halides is 1. The summed E-state index contributed by atoms with van der Waals surface area (Å²) in [5, 5.41) is 12.3. The number of amides is 3. The van der Waals surface area contributed by atoms with Gasteiger partial charge in [0.05, 0.1) is 30.6 Å². The minimum Gasteiger partial charge on any atom is -0.455 e. The van der Waals surface area contributed by atoms with E-state index in [1.54, 1.807) is 22.0 Å². The Kier molecular flexibility index (Phi) is 13.4. The van der Waals surface area contributed by atoms with Gasteiger partial charge < -0.3 is 34.4 Å². The summed E-state index contributed by atoms with van der Waals surface area (Å²) in [6.07, 6.45) is 4.59. The van der Waals surface area contributed by atoms with Crippen LogP contribution >= 0.6 is 15.9 Å². The number of hydrogen-bond donors (Lipinski definition) is 2. The summed E-state index contributed by atoms with van der Waals surface area (Å²) in [6.45, 7) is 12.0. The van der Waals surface area contributed by atoms with Crippen LogP contribution in [0.4, 0.5) is 0 Å². The zero-order valence-electron chi connectivity index (χ0n) is 28.2. The molecule has 3 aliphatic heterocycles. The lowest BCUT2D eigenvalue weighted by atomic mass is 9.70. The second-order valence-corrected chi connectivity index (χ2v) is 14.3. The first-order chi connectivity index (χ1) is 23.1. The molecule has 12 heteroatoms. The fourth-order valence-electron chi connectivity index (χ4n) is 7.47. The number of ether oxygens (including phenoxy) is 3. The highest BCUT2D eigenvalue weighted by Crippen LogP contribution is 2.60. The number of rotatable bonds is 19. The van der Waals surface area contributed by atoms with Gasteiger partial charge in [-0.1, -0.05) is 58.4 Å². The van der Waals surface area contributed by atoms with Gasteiger partial charge in [0, 0.05) is 44.1 Å². The molecule has 1 spiro atoms. The first-order valence-electron chi connectivity index (χ1n) is 16.8. The molecular formula is C36H50BrN3O8. The average Bonchev–Trinajstić information content (AvgIpc) is 3.66. The quantitative estimate of drug-likeness (QED) is 0.0953. The van der Waals surface area contributed by atoms with Crippen LogP contribution in [-0.2, 0) is 33.4 Å². The summed E-state index contributed by atoms with van der Waals surface area (Å²) in [4.78, 5) is 59.1. The predicted octanol–water partition coefficient (Wildman–Crippen LogP) is 3.70. The highest BCUT2D eigenvalue weighted by Gasteiger charge is 2.77. The number of aliphatic hydroxyl groups excluding tert-OH is 1. The smallest absolute Gasteiger partial charge is 0.313 e. The number of nitrogens with one attached hydrogen (secondary N) is 1. The fraction of sp³-hybridized carbons (Fsp3) is 0.611. The first kappa shape index (κ1) is 37.8. The Morgan fingerprint density at radius 3 is 2.54 bits per heavy atom. The Balaban J connectivity index is 1.71. The van der Waals surface area contributed by atoms with Crippen LogP contribution in [0.5, 0.6) is 0 Å². The Labute approximate surface area is 292 Å². The number of nitrogens with zero attached hydrogens (tertiary/aromatic N) is 2. The number of methoxy groups -OCH3 is 1. The topological polar surface area (TPSA) is 135 Å². The maximum atomic E-state index is 14.5. The molecule has 3 saturated heterocycles. The molecular weight excluding hydrogens is 682 g/mol. The van der Waals surface area contributed by atoms with Crippen molar-refractivity contribution in [2.45, 2.75) is 93.1 Å². The summed E-state index contributed by atoms with van der Waals surface area (Å²) < 4.78 is 18.4. The molecule has 3 heterocycles. The largest absolute Gasteiger partial charge is 0.455 e. The van der Waals surface area contributed by atoms with Gasteiger partial charge >= 0.3 is 5.97 Å². The molecule has 264 valence electrons.